The highest BCUT2D eigenvalue weighted by molar-refractivity contribution is 5.94. The van der Waals surface area contributed by atoms with Crippen LogP contribution in [0.1, 0.15) is 29.5 Å². The van der Waals surface area contributed by atoms with E-state index in [1.807, 2.05) is 43.9 Å². The van der Waals surface area contributed by atoms with Crippen LogP contribution in [0.4, 0.5) is 5.69 Å². The van der Waals surface area contributed by atoms with Gasteiger partial charge < -0.3 is 19.8 Å². The molecule has 1 aromatic heterocycles. The molecule has 6 heteroatoms. The van der Waals surface area contributed by atoms with E-state index < -0.39 is 0 Å². The van der Waals surface area contributed by atoms with E-state index in [4.69, 9.17) is 9.59 Å². The molecule has 2 heterocycles. The number of nitrogens with zero attached hydrogens (tertiary/aromatic N) is 2. The second kappa shape index (κ2) is 14.6. The van der Waals surface area contributed by atoms with Crippen LogP contribution < -0.4 is 5.32 Å². The maximum atomic E-state index is 12.3. The molecule has 0 bridgehead atoms. The molecule has 1 fully saturated rings. The monoisotopic (exact) mass is 449 g/mol. The standard InChI is InChI=1S/C16H19N3O.C9H12.2CH2O/c1-19-8-6-12(7-9-19)16(20)18-14-10-13-4-2-3-5-15(13)17-11-14;1-7-4-5-8(2)9(3)6-7;2*1-2/h2-5,10-12H,6-9H2,1H3,(H,18,20);4-6H,1-3H3;2*1H2. The van der Waals surface area contributed by atoms with Gasteiger partial charge in [0.1, 0.15) is 13.6 Å². The van der Waals surface area contributed by atoms with Crippen molar-refractivity contribution in [3.63, 3.8) is 0 Å². The van der Waals surface area contributed by atoms with Gasteiger partial charge in [-0.05, 0) is 77.0 Å². The summed E-state index contributed by atoms with van der Waals surface area (Å²) in [5.74, 6) is 0.243. The van der Waals surface area contributed by atoms with E-state index in [0.717, 1.165) is 42.5 Å². The molecule has 3 aromatic rings. The first-order valence-corrected chi connectivity index (χ1v) is 10.9. The van der Waals surface area contributed by atoms with Gasteiger partial charge >= 0.3 is 0 Å². The summed E-state index contributed by atoms with van der Waals surface area (Å²) in [6, 6.07) is 16.4. The van der Waals surface area contributed by atoms with Crippen molar-refractivity contribution in [2.45, 2.75) is 33.6 Å². The van der Waals surface area contributed by atoms with Crippen LogP contribution in [0.2, 0.25) is 0 Å². The van der Waals surface area contributed by atoms with E-state index in [2.05, 4.69) is 61.2 Å². The molecule has 1 amide bonds. The van der Waals surface area contributed by atoms with Crippen molar-refractivity contribution >= 4 is 36.1 Å². The summed E-state index contributed by atoms with van der Waals surface area (Å²) in [5.41, 5.74) is 5.84. The quantitative estimate of drug-likeness (QED) is 0.610. The van der Waals surface area contributed by atoms with Crippen LogP contribution in [-0.4, -0.2) is 49.5 Å². The molecular formula is C27H35N3O3. The smallest absolute Gasteiger partial charge is 0.227 e. The number of para-hydroxylation sites is 1. The molecule has 1 saturated heterocycles. The summed E-state index contributed by atoms with van der Waals surface area (Å²) in [7, 11) is 2.10. The first kappa shape index (κ1) is 27.7. The van der Waals surface area contributed by atoms with E-state index in [9.17, 15) is 4.79 Å². The van der Waals surface area contributed by atoms with Gasteiger partial charge in [-0.15, -0.1) is 0 Å². The molecule has 33 heavy (non-hydrogen) atoms. The molecule has 0 unspecified atom stereocenters. The van der Waals surface area contributed by atoms with Gasteiger partial charge in [0.25, 0.3) is 0 Å². The molecule has 1 aliphatic rings. The van der Waals surface area contributed by atoms with Crippen molar-refractivity contribution in [1.29, 1.82) is 0 Å². The second-order valence-electron chi connectivity index (χ2n) is 8.07. The van der Waals surface area contributed by atoms with Crippen LogP contribution in [0.3, 0.4) is 0 Å². The normalized spacial score (nSPS) is 13.3. The Morgan fingerprint density at radius 1 is 0.939 bits per heavy atom. The Morgan fingerprint density at radius 3 is 2.18 bits per heavy atom. The average molecular weight is 450 g/mol. The average Bonchev–Trinajstić information content (AvgIpc) is 2.85. The number of nitrogens with one attached hydrogen (secondary N) is 1. The second-order valence-corrected chi connectivity index (χ2v) is 8.07. The lowest BCUT2D eigenvalue weighted by Gasteiger charge is -2.28. The van der Waals surface area contributed by atoms with Gasteiger partial charge in [-0.25, -0.2) is 0 Å². The molecule has 1 aliphatic heterocycles. The summed E-state index contributed by atoms with van der Waals surface area (Å²) in [6.45, 7) is 12.4. The number of hydrogen-bond donors (Lipinski definition) is 1. The fourth-order valence-corrected chi connectivity index (χ4v) is 3.55. The summed E-state index contributed by atoms with van der Waals surface area (Å²) in [6.07, 6.45) is 3.60. The Bertz CT molecular complexity index is 1010. The van der Waals surface area contributed by atoms with Gasteiger partial charge in [0, 0.05) is 11.3 Å². The third kappa shape index (κ3) is 8.94. The fourth-order valence-electron chi connectivity index (χ4n) is 3.55. The summed E-state index contributed by atoms with van der Waals surface area (Å²) in [5, 5.41) is 4.05. The van der Waals surface area contributed by atoms with E-state index in [1.54, 1.807) is 6.20 Å². The largest absolute Gasteiger partial charge is 0.324 e. The summed E-state index contributed by atoms with van der Waals surface area (Å²) >= 11 is 0. The Morgan fingerprint density at radius 2 is 1.58 bits per heavy atom. The molecule has 2 aromatic carbocycles. The van der Waals surface area contributed by atoms with E-state index in [-0.39, 0.29) is 11.8 Å². The number of carbonyl (C=O) groups is 3. The van der Waals surface area contributed by atoms with Gasteiger partial charge in [0.05, 0.1) is 17.4 Å². The molecule has 4 rings (SSSR count). The lowest BCUT2D eigenvalue weighted by atomic mass is 9.96. The van der Waals surface area contributed by atoms with E-state index in [0.29, 0.717) is 0 Å². The third-order valence-corrected chi connectivity index (χ3v) is 5.61. The minimum Gasteiger partial charge on any atom is -0.324 e. The van der Waals surface area contributed by atoms with Crippen molar-refractivity contribution < 1.29 is 14.4 Å². The number of rotatable bonds is 2. The van der Waals surface area contributed by atoms with Crippen molar-refractivity contribution in [3.8, 4) is 0 Å². The Labute approximate surface area is 197 Å². The van der Waals surface area contributed by atoms with Gasteiger partial charge in [-0.3, -0.25) is 9.78 Å². The molecule has 6 nitrogen and oxygen atoms in total. The number of anilines is 1. The Kier molecular flexibility index (Phi) is 12.3. The predicted octanol–water partition coefficient (Wildman–Crippen LogP) is 4.76. The van der Waals surface area contributed by atoms with Crippen molar-refractivity contribution in [2.24, 2.45) is 5.92 Å². The number of aryl methyl sites for hydroxylation is 3. The predicted molar refractivity (Wildman–Crippen MR) is 135 cm³/mol. The number of likely N-dealkylation sites (tertiary alicyclic amines) is 1. The molecule has 0 aliphatic carbocycles. The highest BCUT2D eigenvalue weighted by Gasteiger charge is 2.23. The first-order chi connectivity index (χ1) is 15.9. The lowest BCUT2D eigenvalue weighted by Crippen LogP contribution is -2.35. The zero-order valence-electron chi connectivity index (χ0n) is 20.1. The zero-order valence-corrected chi connectivity index (χ0v) is 20.1. The number of carbonyl (C=O) groups excluding carboxylic acids is 3. The SMILES string of the molecule is C=O.C=O.CN1CCC(C(=O)Nc2cnc3ccccc3c2)CC1.Cc1ccc(C)c(C)c1. The van der Waals surface area contributed by atoms with Gasteiger partial charge in [0.2, 0.25) is 5.91 Å². The number of benzene rings is 2. The number of amides is 1. The number of hydrogen-bond acceptors (Lipinski definition) is 5. The van der Waals surface area contributed by atoms with Gasteiger partial charge in [0.15, 0.2) is 0 Å². The van der Waals surface area contributed by atoms with Crippen molar-refractivity contribution in [2.75, 3.05) is 25.5 Å². The Hall–Kier alpha value is -3.38. The van der Waals surface area contributed by atoms with Crippen LogP contribution in [0.25, 0.3) is 10.9 Å². The van der Waals surface area contributed by atoms with Crippen LogP contribution in [-0.2, 0) is 14.4 Å². The maximum absolute atomic E-state index is 12.3. The third-order valence-electron chi connectivity index (χ3n) is 5.61. The number of aromatic nitrogens is 1. The van der Waals surface area contributed by atoms with Crippen molar-refractivity contribution in [3.05, 3.63) is 71.4 Å². The topological polar surface area (TPSA) is 79.4 Å². The van der Waals surface area contributed by atoms with Gasteiger partial charge in [-0.1, -0.05) is 42.0 Å². The highest BCUT2D eigenvalue weighted by Crippen LogP contribution is 2.20. The molecule has 0 saturated carbocycles. The molecular weight excluding hydrogens is 414 g/mol. The molecule has 0 radical (unpaired) electrons. The minimum atomic E-state index is 0.121. The van der Waals surface area contributed by atoms with Crippen molar-refractivity contribution in [1.82, 2.24) is 9.88 Å². The van der Waals surface area contributed by atoms with Crippen LogP contribution in [0.5, 0.6) is 0 Å². The minimum absolute atomic E-state index is 0.121. The number of piperidine rings is 1. The molecule has 176 valence electrons. The number of fused-ring (bicyclic) bond motifs is 1. The van der Waals surface area contributed by atoms with Crippen LogP contribution in [0, 0.1) is 26.7 Å². The summed E-state index contributed by atoms with van der Waals surface area (Å²) < 4.78 is 0. The molecule has 1 N–H and O–H groups in total. The zero-order chi connectivity index (χ0) is 24.8. The number of pyridine rings is 1. The van der Waals surface area contributed by atoms with Gasteiger partial charge in [-0.2, -0.15) is 0 Å². The maximum Gasteiger partial charge on any atom is 0.227 e. The fraction of sp³-hybridized carbons (Fsp3) is 0.333. The van der Waals surface area contributed by atoms with Crippen LogP contribution >= 0.6 is 0 Å². The highest BCUT2D eigenvalue weighted by atomic mass is 16.2. The molecule has 0 spiro atoms. The van der Waals surface area contributed by atoms with E-state index in [1.165, 1.54) is 16.7 Å². The molecule has 0 atom stereocenters. The lowest BCUT2D eigenvalue weighted by molar-refractivity contribution is -0.121. The van der Waals surface area contributed by atoms with Crippen LogP contribution in [0.15, 0.2) is 54.7 Å². The van der Waals surface area contributed by atoms with E-state index >= 15 is 0 Å². The summed E-state index contributed by atoms with van der Waals surface area (Å²) in [4.78, 5) is 34.9. The Balaban J connectivity index is 0.000000352. The first-order valence-electron chi connectivity index (χ1n) is 10.9.